The highest BCUT2D eigenvalue weighted by atomic mass is 79.9. The van der Waals surface area contributed by atoms with Crippen LogP contribution in [-0.2, 0) is 29.6 Å². The van der Waals surface area contributed by atoms with Crippen LogP contribution >= 0.6 is 31.9 Å². The number of benzene rings is 2. The summed E-state index contributed by atoms with van der Waals surface area (Å²) < 4.78 is 42.5. The molecule has 0 aliphatic rings. The largest absolute Gasteiger partial charge is 0.481 e. The van der Waals surface area contributed by atoms with Crippen LogP contribution in [0.5, 0.6) is 0 Å². The molecule has 0 aliphatic carbocycles. The van der Waals surface area contributed by atoms with E-state index in [1.165, 1.54) is 39.5 Å². The molecule has 0 radical (unpaired) electrons. The van der Waals surface area contributed by atoms with Crippen molar-refractivity contribution in [3.05, 3.63) is 68.1 Å². The van der Waals surface area contributed by atoms with Gasteiger partial charge in [-0.2, -0.15) is 0 Å². The number of methoxy groups -OCH3 is 3. The van der Waals surface area contributed by atoms with Crippen LogP contribution in [0.2, 0.25) is 0 Å². The van der Waals surface area contributed by atoms with Crippen molar-refractivity contribution in [2.45, 2.75) is 31.5 Å². The Kier molecular flexibility index (Phi) is 12.5. The lowest BCUT2D eigenvalue weighted by molar-refractivity contribution is -0.222. The summed E-state index contributed by atoms with van der Waals surface area (Å²) in [6, 6.07) is 8.52. The van der Waals surface area contributed by atoms with E-state index in [4.69, 9.17) is 14.6 Å². The van der Waals surface area contributed by atoms with Crippen molar-refractivity contribution >= 4 is 49.6 Å². The predicted molar refractivity (Wildman–Crippen MR) is 126 cm³/mol. The highest BCUT2D eigenvalue weighted by molar-refractivity contribution is 9.10. The van der Waals surface area contributed by atoms with Crippen LogP contribution in [0.4, 0.5) is 8.78 Å². The van der Waals surface area contributed by atoms with Crippen LogP contribution in [0.3, 0.4) is 0 Å². The molecule has 0 heterocycles. The van der Waals surface area contributed by atoms with E-state index in [9.17, 15) is 23.2 Å². The second-order valence-corrected chi connectivity index (χ2v) is 8.52. The van der Waals surface area contributed by atoms with E-state index in [2.05, 4.69) is 36.6 Å². The van der Waals surface area contributed by atoms with Crippen LogP contribution < -0.4 is 0 Å². The van der Waals surface area contributed by atoms with Crippen LogP contribution in [0.1, 0.15) is 41.6 Å². The Balaban J connectivity index is 0.000000350. The smallest absolute Gasteiger partial charge is 0.305 e. The molecule has 0 bridgehead atoms. The number of Topliss-reactive ketones (excluding diaryl/α,β-unsaturated/α-hetero) is 1. The zero-order chi connectivity index (χ0) is 25.9. The Morgan fingerprint density at radius 2 is 1.44 bits per heavy atom. The van der Waals surface area contributed by atoms with Gasteiger partial charge in [-0.25, -0.2) is 8.78 Å². The van der Waals surface area contributed by atoms with Crippen molar-refractivity contribution in [2.75, 3.05) is 21.3 Å². The molecule has 0 amide bonds. The molecule has 11 heteroatoms. The van der Waals surface area contributed by atoms with E-state index in [1.54, 1.807) is 12.1 Å². The van der Waals surface area contributed by atoms with Gasteiger partial charge in [-0.3, -0.25) is 14.4 Å². The van der Waals surface area contributed by atoms with E-state index in [-0.39, 0.29) is 47.5 Å². The lowest BCUT2D eigenvalue weighted by atomic mass is 10.00. The molecule has 0 aliphatic heterocycles. The molecule has 1 N–H and O–H groups in total. The SMILES string of the molecule is COC(=O)CCC(OC)(OC)c1ccc(Br)c(F)c1.O=C(O)CCC(=O)c1ccc(Br)c(F)c1. The molecular formula is C23H24Br2F2O7. The number of rotatable bonds is 10. The van der Waals surface area contributed by atoms with Gasteiger partial charge in [-0.05, 0) is 56.1 Å². The van der Waals surface area contributed by atoms with Crippen molar-refractivity contribution in [3.63, 3.8) is 0 Å². The maximum atomic E-state index is 13.6. The summed E-state index contributed by atoms with van der Waals surface area (Å²) in [5.74, 6) is -3.92. The second kappa shape index (κ2) is 14.2. The number of carbonyl (C=O) groups is 3. The van der Waals surface area contributed by atoms with Crippen LogP contribution in [0.25, 0.3) is 0 Å². The van der Waals surface area contributed by atoms with E-state index in [0.717, 1.165) is 6.07 Å². The molecule has 34 heavy (non-hydrogen) atoms. The highest BCUT2D eigenvalue weighted by Gasteiger charge is 2.33. The summed E-state index contributed by atoms with van der Waals surface area (Å²) in [6.07, 6.45) is -0.0173. The number of carboxylic acids is 1. The van der Waals surface area contributed by atoms with Gasteiger partial charge in [-0.15, -0.1) is 0 Å². The molecule has 2 aromatic carbocycles. The molecule has 7 nitrogen and oxygen atoms in total. The van der Waals surface area contributed by atoms with Gasteiger partial charge in [0.05, 0.1) is 28.9 Å². The van der Waals surface area contributed by atoms with E-state index in [1.807, 2.05) is 0 Å². The van der Waals surface area contributed by atoms with Crippen molar-refractivity contribution in [3.8, 4) is 0 Å². The van der Waals surface area contributed by atoms with Crippen molar-refractivity contribution in [1.29, 1.82) is 0 Å². The first-order valence-corrected chi connectivity index (χ1v) is 11.4. The monoisotopic (exact) mass is 608 g/mol. The minimum Gasteiger partial charge on any atom is -0.481 e. The molecule has 0 saturated heterocycles. The lowest BCUT2D eigenvalue weighted by Gasteiger charge is -2.31. The lowest BCUT2D eigenvalue weighted by Crippen LogP contribution is -2.32. The first kappa shape index (κ1) is 29.8. The fraction of sp³-hybridized carbons (Fsp3) is 0.348. The third-order valence-electron chi connectivity index (χ3n) is 4.71. The molecule has 0 aromatic heterocycles. The Labute approximate surface area is 212 Å². The Bertz CT molecular complexity index is 1010. The number of ketones is 1. The maximum absolute atomic E-state index is 13.6. The Morgan fingerprint density at radius 1 is 0.882 bits per heavy atom. The van der Waals surface area contributed by atoms with Crippen LogP contribution in [0, 0.1) is 11.6 Å². The predicted octanol–water partition coefficient (Wildman–Crippen LogP) is 5.62. The van der Waals surface area contributed by atoms with E-state index >= 15 is 0 Å². The maximum Gasteiger partial charge on any atom is 0.305 e. The highest BCUT2D eigenvalue weighted by Crippen LogP contribution is 2.33. The topological polar surface area (TPSA) is 99.1 Å². The van der Waals surface area contributed by atoms with Gasteiger partial charge >= 0.3 is 11.9 Å². The number of hydrogen-bond acceptors (Lipinski definition) is 6. The summed E-state index contributed by atoms with van der Waals surface area (Å²) >= 11 is 6.04. The van der Waals surface area contributed by atoms with Gasteiger partial charge in [0.1, 0.15) is 11.6 Å². The summed E-state index contributed by atoms with van der Waals surface area (Å²) in [7, 11) is 4.20. The average molecular weight is 610 g/mol. The molecule has 2 aromatic rings. The number of halogens is 4. The zero-order valence-electron chi connectivity index (χ0n) is 18.7. The number of aliphatic carboxylic acids is 1. The quantitative estimate of drug-likeness (QED) is 0.212. The first-order chi connectivity index (χ1) is 16.0. The zero-order valence-corrected chi connectivity index (χ0v) is 21.9. The van der Waals surface area contributed by atoms with Crippen LogP contribution in [-0.4, -0.2) is 44.2 Å². The third-order valence-corrected chi connectivity index (χ3v) is 6.00. The first-order valence-electron chi connectivity index (χ1n) is 9.82. The summed E-state index contributed by atoms with van der Waals surface area (Å²) in [6.45, 7) is 0. The van der Waals surface area contributed by atoms with Gasteiger partial charge in [0.15, 0.2) is 11.6 Å². The van der Waals surface area contributed by atoms with Gasteiger partial charge in [0.25, 0.3) is 0 Å². The molecular weight excluding hydrogens is 586 g/mol. The van der Waals surface area contributed by atoms with Gasteiger partial charge in [0.2, 0.25) is 0 Å². The summed E-state index contributed by atoms with van der Waals surface area (Å²) in [5.41, 5.74) is 0.694. The minimum absolute atomic E-state index is 0.107. The number of ether oxygens (including phenoxy) is 3. The number of hydrogen-bond donors (Lipinski definition) is 1. The number of carboxylic acid groups (broad SMARTS) is 1. The average Bonchev–Trinajstić information content (AvgIpc) is 2.82. The normalized spacial score (nSPS) is 10.8. The summed E-state index contributed by atoms with van der Waals surface area (Å²) in [4.78, 5) is 32.8. The van der Waals surface area contributed by atoms with Gasteiger partial charge < -0.3 is 19.3 Å². The number of carbonyl (C=O) groups excluding carboxylic acids is 2. The fourth-order valence-electron chi connectivity index (χ4n) is 2.80. The molecule has 0 unspecified atom stereocenters. The molecule has 186 valence electrons. The van der Waals surface area contributed by atoms with Crippen molar-refractivity contribution in [1.82, 2.24) is 0 Å². The number of esters is 1. The van der Waals surface area contributed by atoms with Crippen molar-refractivity contribution in [2.24, 2.45) is 0 Å². The van der Waals surface area contributed by atoms with Gasteiger partial charge in [-0.1, -0.05) is 12.1 Å². The molecule has 2 rings (SSSR count). The van der Waals surface area contributed by atoms with Crippen molar-refractivity contribution < 1.29 is 42.5 Å². The molecule has 0 spiro atoms. The van der Waals surface area contributed by atoms with E-state index in [0.29, 0.717) is 10.0 Å². The summed E-state index contributed by atoms with van der Waals surface area (Å²) in [5, 5.41) is 8.37. The standard InChI is InChI=1S/C13H16BrFO4.C10H8BrFO3/c1-17-12(16)6-7-13(18-2,19-3)9-4-5-10(14)11(15)8-9;11-7-2-1-6(5-8(7)12)9(13)3-4-10(14)15/h4-5,8H,6-7H2,1-3H3;1-2,5H,3-4H2,(H,14,15). The fourth-order valence-corrected chi connectivity index (χ4v) is 3.30. The Morgan fingerprint density at radius 3 is 1.91 bits per heavy atom. The van der Waals surface area contributed by atoms with Crippen LogP contribution in [0.15, 0.2) is 45.3 Å². The molecule has 0 saturated carbocycles. The molecule has 0 atom stereocenters. The van der Waals surface area contributed by atoms with Gasteiger partial charge in [0, 0.05) is 38.2 Å². The van der Waals surface area contributed by atoms with E-state index < -0.39 is 23.4 Å². The second-order valence-electron chi connectivity index (χ2n) is 6.81. The minimum atomic E-state index is -1.17. The molecule has 0 fully saturated rings. The third kappa shape index (κ3) is 8.86. The Hall–Kier alpha value is -2.21.